The van der Waals surface area contributed by atoms with Gasteiger partial charge in [0.05, 0.1) is 10.6 Å². The van der Waals surface area contributed by atoms with Crippen molar-refractivity contribution in [3.8, 4) is 0 Å². The third-order valence-electron chi connectivity index (χ3n) is 4.02. The number of carbonyl (C=O) groups is 1. The Labute approximate surface area is 182 Å². The first-order valence-electron chi connectivity index (χ1n) is 9.25. The number of aryl methyl sites for hydroxylation is 1. The van der Waals surface area contributed by atoms with Crippen molar-refractivity contribution >= 4 is 45.0 Å². The molecular formula is C21H27ClN2O3S2. The van der Waals surface area contributed by atoms with Crippen LogP contribution in [0.15, 0.2) is 53.4 Å². The van der Waals surface area contributed by atoms with Crippen LogP contribution in [0, 0.1) is 6.92 Å². The molecule has 1 N–H and O–H groups in total. The Balaban J connectivity index is 2.27. The molecule has 0 aromatic heterocycles. The minimum atomic E-state index is -3.93. The second-order valence-corrected chi connectivity index (χ2v) is 11.8. The van der Waals surface area contributed by atoms with E-state index in [-0.39, 0.29) is 22.1 Å². The molecule has 0 aliphatic heterocycles. The summed E-state index contributed by atoms with van der Waals surface area (Å²) in [7, 11) is -3.93. The molecule has 1 amide bonds. The lowest BCUT2D eigenvalue weighted by Gasteiger charge is -2.26. The van der Waals surface area contributed by atoms with E-state index >= 15 is 0 Å². The van der Waals surface area contributed by atoms with Gasteiger partial charge in [-0.25, -0.2) is 8.42 Å². The predicted molar refractivity (Wildman–Crippen MR) is 122 cm³/mol. The zero-order chi connectivity index (χ0) is 21.7. The quantitative estimate of drug-likeness (QED) is 0.596. The number of thioether (sulfide) groups is 1. The van der Waals surface area contributed by atoms with Gasteiger partial charge in [-0.05, 0) is 36.8 Å². The number of anilines is 1. The summed E-state index contributed by atoms with van der Waals surface area (Å²) in [6.45, 7) is 8.25. The maximum absolute atomic E-state index is 13.3. The third-order valence-corrected chi connectivity index (χ3v) is 7.30. The Hall–Kier alpha value is -1.70. The molecule has 2 aromatic rings. The topological polar surface area (TPSA) is 66.5 Å². The molecule has 0 bridgehead atoms. The van der Waals surface area contributed by atoms with Crippen LogP contribution in [-0.4, -0.2) is 37.9 Å². The summed E-state index contributed by atoms with van der Waals surface area (Å²) in [5.74, 6) is 0.384. The first-order chi connectivity index (χ1) is 13.5. The van der Waals surface area contributed by atoms with Gasteiger partial charge in [-0.15, -0.1) is 0 Å². The van der Waals surface area contributed by atoms with E-state index < -0.39 is 10.0 Å². The first kappa shape index (κ1) is 23.6. The van der Waals surface area contributed by atoms with Crippen LogP contribution in [0.3, 0.4) is 0 Å². The zero-order valence-corrected chi connectivity index (χ0v) is 19.5. The van der Waals surface area contributed by atoms with Crippen LogP contribution in [0.4, 0.5) is 5.69 Å². The molecule has 5 nitrogen and oxygen atoms in total. The second kappa shape index (κ2) is 9.87. The van der Waals surface area contributed by atoms with Crippen LogP contribution >= 0.6 is 23.4 Å². The molecule has 0 fully saturated rings. The van der Waals surface area contributed by atoms with Crippen molar-refractivity contribution in [2.45, 2.75) is 37.3 Å². The van der Waals surface area contributed by atoms with E-state index in [1.165, 1.54) is 12.1 Å². The molecule has 0 atom stereocenters. The van der Waals surface area contributed by atoms with Gasteiger partial charge in [0.2, 0.25) is 5.91 Å². The highest BCUT2D eigenvalue weighted by molar-refractivity contribution is 8.00. The molecule has 8 heteroatoms. The fraction of sp³-hybridized carbons (Fsp3) is 0.381. The second-order valence-electron chi connectivity index (χ2n) is 7.57. The molecule has 158 valence electrons. The molecule has 0 saturated heterocycles. The van der Waals surface area contributed by atoms with Crippen LogP contribution in [0.1, 0.15) is 26.3 Å². The Morgan fingerprint density at radius 3 is 2.41 bits per heavy atom. The van der Waals surface area contributed by atoms with Crippen LogP contribution in [0.5, 0.6) is 0 Å². The van der Waals surface area contributed by atoms with Crippen molar-refractivity contribution in [1.29, 1.82) is 0 Å². The highest BCUT2D eigenvalue weighted by Crippen LogP contribution is 2.29. The fourth-order valence-corrected chi connectivity index (χ4v) is 5.09. The van der Waals surface area contributed by atoms with Gasteiger partial charge in [-0.3, -0.25) is 9.10 Å². The van der Waals surface area contributed by atoms with Crippen molar-refractivity contribution in [3.05, 3.63) is 59.1 Å². The number of carbonyl (C=O) groups excluding carboxylic acids is 1. The van der Waals surface area contributed by atoms with Crippen molar-refractivity contribution in [2.24, 2.45) is 0 Å². The molecule has 0 radical (unpaired) electrons. The molecule has 0 aliphatic rings. The van der Waals surface area contributed by atoms with E-state index in [1.807, 2.05) is 0 Å². The van der Waals surface area contributed by atoms with Crippen molar-refractivity contribution < 1.29 is 13.2 Å². The number of nitrogens with zero attached hydrogens (tertiary/aromatic N) is 1. The third kappa shape index (κ3) is 6.94. The summed E-state index contributed by atoms with van der Waals surface area (Å²) in [4.78, 5) is 12.7. The summed E-state index contributed by atoms with van der Waals surface area (Å²) in [6, 6.07) is 13.1. The largest absolute Gasteiger partial charge is 0.354 e. The normalized spacial score (nSPS) is 11.9. The van der Waals surface area contributed by atoms with E-state index in [2.05, 4.69) is 26.1 Å². The smallest absolute Gasteiger partial charge is 0.264 e. The summed E-state index contributed by atoms with van der Waals surface area (Å²) in [6.07, 6.45) is 0. The van der Waals surface area contributed by atoms with E-state index in [4.69, 9.17) is 11.6 Å². The van der Waals surface area contributed by atoms with Gasteiger partial charge >= 0.3 is 0 Å². The molecule has 2 rings (SSSR count). The first-order valence-corrected chi connectivity index (χ1v) is 12.1. The molecule has 0 unspecified atom stereocenters. The number of hydrogen-bond acceptors (Lipinski definition) is 4. The fourth-order valence-electron chi connectivity index (χ4n) is 2.60. The number of sulfonamides is 1. The standard InChI is InChI=1S/C21H27ClN2O3S2/c1-16-10-11-17(22)14-19(16)24(29(26,27)18-8-6-5-7-9-18)15-20(25)23-12-13-28-21(2,3)4/h5-11,14H,12-13,15H2,1-4H3,(H,23,25). The van der Waals surface area contributed by atoms with E-state index in [1.54, 1.807) is 55.1 Å². The molecule has 0 aliphatic carbocycles. The summed E-state index contributed by atoms with van der Waals surface area (Å²) < 4.78 is 27.8. The van der Waals surface area contributed by atoms with Gasteiger partial charge in [0, 0.05) is 22.1 Å². The van der Waals surface area contributed by atoms with Gasteiger partial charge in [0.15, 0.2) is 0 Å². The Morgan fingerprint density at radius 2 is 1.79 bits per heavy atom. The van der Waals surface area contributed by atoms with Crippen LogP contribution in [0.25, 0.3) is 0 Å². The number of hydrogen-bond donors (Lipinski definition) is 1. The average molecular weight is 455 g/mol. The predicted octanol–water partition coefficient (Wildman–Crippen LogP) is 4.49. The minimum Gasteiger partial charge on any atom is -0.354 e. The number of rotatable bonds is 8. The van der Waals surface area contributed by atoms with Crippen LogP contribution < -0.4 is 9.62 Å². The average Bonchev–Trinajstić information content (AvgIpc) is 2.65. The number of amides is 1. The zero-order valence-electron chi connectivity index (χ0n) is 17.1. The monoisotopic (exact) mass is 454 g/mol. The lowest BCUT2D eigenvalue weighted by atomic mass is 10.2. The molecule has 0 saturated carbocycles. The minimum absolute atomic E-state index is 0.102. The summed E-state index contributed by atoms with van der Waals surface area (Å²) in [5, 5.41) is 3.22. The lowest BCUT2D eigenvalue weighted by molar-refractivity contribution is -0.119. The van der Waals surface area contributed by atoms with Crippen molar-refractivity contribution in [3.63, 3.8) is 0 Å². The molecular weight excluding hydrogens is 428 g/mol. The van der Waals surface area contributed by atoms with E-state index in [0.717, 1.165) is 10.1 Å². The van der Waals surface area contributed by atoms with Gasteiger partial charge in [0.25, 0.3) is 10.0 Å². The summed E-state index contributed by atoms with van der Waals surface area (Å²) >= 11 is 7.85. The van der Waals surface area contributed by atoms with Gasteiger partial charge in [0.1, 0.15) is 6.54 Å². The maximum Gasteiger partial charge on any atom is 0.264 e. The Morgan fingerprint density at radius 1 is 1.14 bits per heavy atom. The molecule has 0 spiro atoms. The number of halogens is 1. The lowest BCUT2D eigenvalue weighted by Crippen LogP contribution is -2.41. The van der Waals surface area contributed by atoms with Crippen molar-refractivity contribution in [2.75, 3.05) is 23.1 Å². The molecule has 0 heterocycles. The van der Waals surface area contributed by atoms with Crippen LogP contribution in [-0.2, 0) is 14.8 Å². The summed E-state index contributed by atoms with van der Waals surface area (Å²) in [5.41, 5.74) is 1.10. The number of nitrogens with one attached hydrogen (secondary N) is 1. The highest BCUT2D eigenvalue weighted by Gasteiger charge is 2.28. The molecule has 29 heavy (non-hydrogen) atoms. The Bertz CT molecular complexity index is 942. The SMILES string of the molecule is Cc1ccc(Cl)cc1N(CC(=O)NCCSC(C)(C)C)S(=O)(=O)c1ccccc1. The van der Waals surface area contributed by atoms with E-state index in [9.17, 15) is 13.2 Å². The highest BCUT2D eigenvalue weighted by atomic mass is 35.5. The van der Waals surface area contributed by atoms with Gasteiger partial charge in [-0.1, -0.05) is 56.6 Å². The van der Waals surface area contributed by atoms with Gasteiger partial charge < -0.3 is 5.32 Å². The van der Waals surface area contributed by atoms with Gasteiger partial charge in [-0.2, -0.15) is 11.8 Å². The maximum atomic E-state index is 13.3. The van der Waals surface area contributed by atoms with Crippen molar-refractivity contribution in [1.82, 2.24) is 5.32 Å². The number of benzene rings is 2. The Kier molecular flexibility index (Phi) is 8.02. The molecule has 2 aromatic carbocycles. The van der Waals surface area contributed by atoms with E-state index in [0.29, 0.717) is 22.8 Å². The van der Waals surface area contributed by atoms with Crippen LogP contribution in [0.2, 0.25) is 5.02 Å².